The van der Waals surface area contributed by atoms with Crippen LogP contribution in [0.4, 0.5) is 4.79 Å². The standard InChI is InChI=1S/C10H13NO5S/c1-16-8-2-4-9(5-3-8)17(14,15)7-6-11-10(12)13/h2-5,11H,6-7H2,1H3,(H,12,13). The molecule has 0 aliphatic rings. The molecular weight excluding hydrogens is 246 g/mol. The van der Waals surface area contributed by atoms with Gasteiger partial charge >= 0.3 is 6.09 Å². The van der Waals surface area contributed by atoms with Crippen LogP contribution in [-0.4, -0.2) is 39.0 Å². The van der Waals surface area contributed by atoms with Crippen LogP contribution in [-0.2, 0) is 9.84 Å². The third-order valence-corrected chi connectivity index (χ3v) is 3.80. The van der Waals surface area contributed by atoms with Crippen molar-refractivity contribution in [2.45, 2.75) is 4.90 Å². The van der Waals surface area contributed by atoms with Crippen LogP contribution in [0.15, 0.2) is 29.2 Å². The summed E-state index contributed by atoms with van der Waals surface area (Å²) in [6.07, 6.45) is -1.24. The first-order chi connectivity index (χ1) is 7.95. The molecule has 0 radical (unpaired) electrons. The maximum atomic E-state index is 11.7. The lowest BCUT2D eigenvalue weighted by Gasteiger charge is -2.05. The summed E-state index contributed by atoms with van der Waals surface area (Å²) in [7, 11) is -1.98. The summed E-state index contributed by atoms with van der Waals surface area (Å²) in [5, 5.41) is 10.3. The van der Waals surface area contributed by atoms with Crippen molar-refractivity contribution in [2.75, 3.05) is 19.4 Å². The van der Waals surface area contributed by atoms with Gasteiger partial charge in [-0.2, -0.15) is 0 Å². The molecule has 0 aromatic heterocycles. The van der Waals surface area contributed by atoms with E-state index in [2.05, 4.69) is 0 Å². The Kier molecular flexibility index (Phi) is 4.33. The molecule has 0 aliphatic heterocycles. The van der Waals surface area contributed by atoms with Gasteiger partial charge in [-0.25, -0.2) is 13.2 Å². The Labute approximate surface area is 99.1 Å². The molecule has 0 heterocycles. The summed E-state index contributed by atoms with van der Waals surface area (Å²) in [5.74, 6) is 0.290. The second kappa shape index (κ2) is 5.53. The molecule has 1 aromatic carbocycles. The number of hydrogen-bond acceptors (Lipinski definition) is 4. The number of sulfone groups is 1. The second-order valence-electron chi connectivity index (χ2n) is 3.23. The monoisotopic (exact) mass is 259 g/mol. The van der Waals surface area contributed by atoms with E-state index in [-0.39, 0.29) is 17.2 Å². The Morgan fingerprint density at radius 3 is 2.41 bits per heavy atom. The van der Waals surface area contributed by atoms with Gasteiger partial charge < -0.3 is 15.2 Å². The van der Waals surface area contributed by atoms with E-state index in [1.165, 1.54) is 31.4 Å². The highest BCUT2D eigenvalue weighted by Gasteiger charge is 2.14. The van der Waals surface area contributed by atoms with Gasteiger partial charge in [-0.05, 0) is 24.3 Å². The van der Waals surface area contributed by atoms with Gasteiger partial charge in [0.1, 0.15) is 5.75 Å². The molecular formula is C10H13NO5S. The third kappa shape index (κ3) is 3.95. The molecule has 2 N–H and O–H groups in total. The zero-order chi connectivity index (χ0) is 12.9. The van der Waals surface area contributed by atoms with E-state index in [9.17, 15) is 13.2 Å². The lowest BCUT2D eigenvalue weighted by atomic mass is 10.3. The minimum Gasteiger partial charge on any atom is -0.497 e. The SMILES string of the molecule is COc1ccc(S(=O)(=O)CCNC(=O)O)cc1. The predicted molar refractivity (Wildman–Crippen MR) is 61.1 cm³/mol. The molecule has 1 aromatic rings. The number of rotatable bonds is 5. The minimum atomic E-state index is -3.46. The predicted octanol–water partition coefficient (Wildman–Crippen LogP) is 0.736. The van der Waals surface area contributed by atoms with Crippen molar-refractivity contribution in [3.8, 4) is 5.75 Å². The van der Waals surface area contributed by atoms with E-state index in [4.69, 9.17) is 9.84 Å². The summed E-state index contributed by atoms with van der Waals surface area (Å²) in [6, 6.07) is 5.93. The number of carbonyl (C=O) groups is 1. The highest BCUT2D eigenvalue weighted by molar-refractivity contribution is 7.91. The normalized spacial score (nSPS) is 10.9. The van der Waals surface area contributed by atoms with Crippen molar-refractivity contribution in [1.82, 2.24) is 5.32 Å². The first-order valence-corrected chi connectivity index (χ1v) is 6.44. The smallest absolute Gasteiger partial charge is 0.404 e. The third-order valence-electron chi connectivity index (χ3n) is 2.07. The van der Waals surface area contributed by atoms with E-state index < -0.39 is 15.9 Å². The van der Waals surface area contributed by atoms with Crippen LogP contribution in [0.3, 0.4) is 0 Å². The fourth-order valence-electron chi connectivity index (χ4n) is 1.19. The molecule has 0 fully saturated rings. The maximum Gasteiger partial charge on any atom is 0.404 e. The average molecular weight is 259 g/mol. The molecule has 94 valence electrons. The molecule has 0 bridgehead atoms. The van der Waals surface area contributed by atoms with Gasteiger partial charge in [0.25, 0.3) is 0 Å². The van der Waals surface area contributed by atoms with Crippen molar-refractivity contribution in [1.29, 1.82) is 0 Å². The van der Waals surface area contributed by atoms with E-state index in [0.717, 1.165) is 0 Å². The Morgan fingerprint density at radius 2 is 1.94 bits per heavy atom. The largest absolute Gasteiger partial charge is 0.497 e. The van der Waals surface area contributed by atoms with Gasteiger partial charge in [0.2, 0.25) is 0 Å². The van der Waals surface area contributed by atoms with Crippen LogP contribution in [0.2, 0.25) is 0 Å². The summed E-state index contributed by atoms with van der Waals surface area (Å²) in [5.41, 5.74) is 0. The fourth-order valence-corrected chi connectivity index (χ4v) is 2.35. The second-order valence-corrected chi connectivity index (χ2v) is 5.34. The maximum absolute atomic E-state index is 11.7. The van der Waals surface area contributed by atoms with E-state index in [0.29, 0.717) is 5.75 Å². The Hall–Kier alpha value is -1.76. The minimum absolute atomic E-state index is 0.135. The molecule has 0 atom stereocenters. The first-order valence-electron chi connectivity index (χ1n) is 4.79. The number of methoxy groups -OCH3 is 1. The number of hydrogen-bond donors (Lipinski definition) is 2. The van der Waals surface area contributed by atoms with Crippen LogP contribution in [0.25, 0.3) is 0 Å². The van der Waals surface area contributed by atoms with Gasteiger partial charge in [-0.1, -0.05) is 0 Å². The molecule has 1 rings (SSSR count). The Morgan fingerprint density at radius 1 is 1.35 bits per heavy atom. The van der Waals surface area contributed by atoms with Gasteiger partial charge in [0.15, 0.2) is 9.84 Å². The highest BCUT2D eigenvalue weighted by atomic mass is 32.2. The van der Waals surface area contributed by atoms with Gasteiger partial charge in [0, 0.05) is 6.54 Å². The van der Waals surface area contributed by atoms with Gasteiger partial charge in [0.05, 0.1) is 17.8 Å². The topological polar surface area (TPSA) is 92.7 Å². The van der Waals surface area contributed by atoms with Gasteiger partial charge in [-0.15, -0.1) is 0 Å². The average Bonchev–Trinajstić information content (AvgIpc) is 2.28. The number of benzene rings is 1. The highest BCUT2D eigenvalue weighted by Crippen LogP contribution is 2.16. The Bertz CT molecular complexity index is 480. The van der Waals surface area contributed by atoms with Crippen LogP contribution >= 0.6 is 0 Å². The lowest BCUT2D eigenvalue weighted by molar-refractivity contribution is 0.195. The van der Waals surface area contributed by atoms with E-state index in [1.807, 2.05) is 5.32 Å². The van der Waals surface area contributed by atoms with Crippen molar-refractivity contribution < 1.29 is 23.1 Å². The molecule has 0 saturated carbocycles. The molecule has 7 heteroatoms. The quantitative estimate of drug-likeness (QED) is 0.813. The molecule has 6 nitrogen and oxygen atoms in total. The number of nitrogens with one attached hydrogen (secondary N) is 1. The van der Waals surface area contributed by atoms with Crippen molar-refractivity contribution >= 4 is 15.9 Å². The van der Waals surface area contributed by atoms with Crippen LogP contribution in [0, 0.1) is 0 Å². The molecule has 17 heavy (non-hydrogen) atoms. The number of carboxylic acid groups (broad SMARTS) is 1. The zero-order valence-corrected chi connectivity index (χ0v) is 10.0. The Balaban J connectivity index is 2.72. The van der Waals surface area contributed by atoms with Crippen molar-refractivity contribution in [3.63, 3.8) is 0 Å². The van der Waals surface area contributed by atoms with Crippen LogP contribution in [0.1, 0.15) is 0 Å². The summed E-state index contributed by atoms with van der Waals surface area (Å²) < 4.78 is 28.4. The summed E-state index contributed by atoms with van der Waals surface area (Å²) in [6.45, 7) is -0.135. The molecule has 0 aliphatic carbocycles. The van der Waals surface area contributed by atoms with Gasteiger partial charge in [-0.3, -0.25) is 0 Å². The number of amides is 1. The summed E-state index contributed by atoms with van der Waals surface area (Å²) in [4.78, 5) is 10.3. The van der Waals surface area contributed by atoms with Crippen molar-refractivity contribution in [2.24, 2.45) is 0 Å². The molecule has 0 saturated heterocycles. The fraction of sp³-hybridized carbons (Fsp3) is 0.300. The van der Waals surface area contributed by atoms with E-state index >= 15 is 0 Å². The first kappa shape index (κ1) is 13.3. The lowest BCUT2D eigenvalue weighted by Crippen LogP contribution is -2.27. The summed E-state index contributed by atoms with van der Waals surface area (Å²) >= 11 is 0. The number of ether oxygens (including phenoxy) is 1. The van der Waals surface area contributed by atoms with Crippen molar-refractivity contribution in [3.05, 3.63) is 24.3 Å². The van der Waals surface area contributed by atoms with E-state index in [1.54, 1.807) is 0 Å². The van der Waals surface area contributed by atoms with Crippen LogP contribution < -0.4 is 10.1 Å². The zero-order valence-electron chi connectivity index (χ0n) is 9.21. The van der Waals surface area contributed by atoms with Crippen LogP contribution in [0.5, 0.6) is 5.75 Å². The molecule has 0 unspecified atom stereocenters. The molecule has 1 amide bonds. The molecule has 0 spiro atoms.